The molecule has 0 saturated carbocycles. The number of carbonyl (C=O) groups is 1. The molecule has 3 aromatic rings. The molecule has 32 heavy (non-hydrogen) atoms. The van der Waals surface area contributed by atoms with Crippen molar-refractivity contribution in [3.63, 3.8) is 0 Å². The Kier molecular flexibility index (Phi) is 7.63. The molecule has 0 spiro atoms. The predicted octanol–water partition coefficient (Wildman–Crippen LogP) is 7.29. The lowest BCUT2D eigenvalue weighted by atomic mass is 10.2. The van der Waals surface area contributed by atoms with E-state index in [0.29, 0.717) is 0 Å². The van der Waals surface area contributed by atoms with Gasteiger partial charge in [-0.15, -0.1) is 0 Å². The number of carbonyl (C=O) groups excluding carboxylic acids is 1. The molecule has 0 fully saturated rings. The van der Waals surface area contributed by atoms with Gasteiger partial charge in [0.1, 0.15) is 33.8 Å². The molecule has 13 heteroatoms. The number of nitrogens with one attached hydrogen (secondary N) is 1. The van der Waals surface area contributed by atoms with E-state index in [9.17, 15) is 14.9 Å². The van der Waals surface area contributed by atoms with Gasteiger partial charge in [-0.3, -0.25) is 14.9 Å². The van der Waals surface area contributed by atoms with E-state index in [1.807, 2.05) is 0 Å². The highest BCUT2D eigenvalue weighted by Gasteiger charge is 2.22. The van der Waals surface area contributed by atoms with Crippen molar-refractivity contribution in [2.45, 2.75) is 6.61 Å². The van der Waals surface area contributed by atoms with Crippen molar-refractivity contribution < 1.29 is 23.6 Å². The van der Waals surface area contributed by atoms with Gasteiger partial charge in [-0.25, -0.2) is 0 Å². The molecule has 0 aliphatic heterocycles. The number of nitro benzene ring substituents is 1. The zero-order chi connectivity index (χ0) is 23.6. The van der Waals surface area contributed by atoms with Gasteiger partial charge < -0.3 is 19.2 Å². The third-order valence-corrected chi connectivity index (χ3v) is 6.31. The maximum absolute atomic E-state index is 12.5. The number of benzene rings is 2. The van der Waals surface area contributed by atoms with Crippen LogP contribution in [0.1, 0.15) is 16.3 Å². The van der Waals surface area contributed by atoms with E-state index in [1.165, 1.54) is 37.4 Å². The van der Waals surface area contributed by atoms with Crippen LogP contribution in [0.25, 0.3) is 0 Å². The first-order chi connectivity index (χ1) is 15.1. The molecular formula is C19H11Cl5N2O6. The van der Waals surface area contributed by atoms with Gasteiger partial charge in [0.2, 0.25) is 0 Å². The molecule has 1 N–H and O–H groups in total. The fourth-order valence-electron chi connectivity index (χ4n) is 2.51. The molecule has 0 bridgehead atoms. The largest absolute Gasteiger partial charge is 0.496 e. The summed E-state index contributed by atoms with van der Waals surface area (Å²) in [7, 11) is 1.37. The fraction of sp³-hybridized carbons (Fsp3) is 0.105. The zero-order valence-corrected chi connectivity index (χ0v) is 19.7. The van der Waals surface area contributed by atoms with E-state index in [4.69, 9.17) is 71.9 Å². The highest BCUT2D eigenvalue weighted by molar-refractivity contribution is 6.55. The van der Waals surface area contributed by atoms with E-state index >= 15 is 0 Å². The second-order valence-corrected chi connectivity index (χ2v) is 7.94. The average Bonchev–Trinajstić information content (AvgIpc) is 3.25. The minimum absolute atomic E-state index is 0.0102. The number of nitrogens with zero attached hydrogens (tertiary/aromatic N) is 1. The number of rotatable bonds is 7. The van der Waals surface area contributed by atoms with E-state index in [-0.39, 0.29) is 66.1 Å². The Labute approximate surface area is 206 Å². The Hall–Kier alpha value is -2.36. The normalized spacial score (nSPS) is 10.7. The predicted molar refractivity (Wildman–Crippen MR) is 122 cm³/mol. The number of hydrogen-bond donors (Lipinski definition) is 1. The number of anilines is 1. The van der Waals surface area contributed by atoms with Crippen molar-refractivity contribution in [3.8, 4) is 11.5 Å². The molecule has 0 aliphatic carbocycles. The lowest BCUT2D eigenvalue weighted by molar-refractivity contribution is -0.384. The van der Waals surface area contributed by atoms with E-state index in [2.05, 4.69) is 5.32 Å². The zero-order valence-electron chi connectivity index (χ0n) is 15.9. The van der Waals surface area contributed by atoms with Gasteiger partial charge in [0.25, 0.3) is 11.6 Å². The Bertz CT molecular complexity index is 1180. The number of ether oxygens (including phenoxy) is 2. The molecule has 168 valence electrons. The third kappa shape index (κ3) is 5.00. The molecule has 2 aromatic carbocycles. The lowest BCUT2D eigenvalue weighted by Crippen LogP contribution is -2.12. The number of furan rings is 1. The summed E-state index contributed by atoms with van der Waals surface area (Å²) in [6.45, 7) is -0.177. The molecule has 1 aromatic heterocycles. The van der Waals surface area contributed by atoms with Crippen LogP contribution in [0.5, 0.6) is 11.5 Å². The average molecular weight is 541 g/mol. The molecule has 0 atom stereocenters. The van der Waals surface area contributed by atoms with Crippen LogP contribution in [0.15, 0.2) is 34.7 Å². The van der Waals surface area contributed by atoms with Crippen molar-refractivity contribution in [2.75, 3.05) is 12.4 Å². The van der Waals surface area contributed by atoms with Crippen LogP contribution in [-0.4, -0.2) is 17.9 Å². The molecule has 8 nitrogen and oxygen atoms in total. The van der Waals surface area contributed by atoms with Crippen molar-refractivity contribution in [3.05, 3.63) is 77.1 Å². The number of methoxy groups -OCH3 is 1. The van der Waals surface area contributed by atoms with Crippen molar-refractivity contribution in [1.82, 2.24) is 0 Å². The highest BCUT2D eigenvalue weighted by Crippen LogP contribution is 2.48. The summed E-state index contributed by atoms with van der Waals surface area (Å²) in [6.07, 6.45) is 0. The number of hydrogen-bond acceptors (Lipinski definition) is 6. The van der Waals surface area contributed by atoms with Crippen LogP contribution < -0.4 is 14.8 Å². The molecule has 0 radical (unpaired) electrons. The topological polar surface area (TPSA) is 104 Å². The number of amides is 1. The van der Waals surface area contributed by atoms with Crippen LogP contribution >= 0.6 is 58.0 Å². The second-order valence-electron chi connectivity index (χ2n) is 6.05. The Morgan fingerprint density at radius 3 is 2.25 bits per heavy atom. The van der Waals surface area contributed by atoms with Gasteiger partial charge >= 0.3 is 0 Å². The Morgan fingerprint density at radius 1 is 1.03 bits per heavy atom. The molecule has 0 aliphatic rings. The van der Waals surface area contributed by atoms with Crippen LogP contribution in [0, 0.1) is 10.1 Å². The number of halogens is 5. The summed E-state index contributed by atoms with van der Waals surface area (Å²) in [5.74, 6) is -0.333. The maximum atomic E-state index is 12.5. The lowest BCUT2D eigenvalue weighted by Gasteiger charge is -2.12. The summed E-state index contributed by atoms with van der Waals surface area (Å²) < 4.78 is 15.9. The first-order valence-corrected chi connectivity index (χ1v) is 10.4. The first-order valence-electron chi connectivity index (χ1n) is 8.50. The van der Waals surface area contributed by atoms with Gasteiger partial charge in [0.05, 0.1) is 33.2 Å². The van der Waals surface area contributed by atoms with Gasteiger partial charge in [0, 0.05) is 0 Å². The Balaban J connectivity index is 1.75. The molecule has 0 saturated heterocycles. The summed E-state index contributed by atoms with van der Waals surface area (Å²) in [6, 6.07) is 6.85. The highest BCUT2D eigenvalue weighted by atomic mass is 35.5. The summed E-state index contributed by atoms with van der Waals surface area (Å²) in [5.41, 5.74) is -0.368. The monoisotopic (exact) mass is 538 g/mol. The SMILES string of the molecule is COc1ccc(NC(=O)c2ccc(COc3c(Cl)c(Cl)c(Cl)c(Cl)c3Cl)o2)c([N+](=O)[O-])c1. The van der Waals surface area contributed by atoms with Gasteiger partial charge in [-0.05, 0) is 24.3 Å². The van der Waals surface area contributed by atoms with E-state index in [0.717, 1.165) is 0 Å². The standard InChI is InChI=1S/C19H11Cl5N2O6/c1-30-8-2-4-10(11(6-8)26(28)29)25-19(27)12-5-3-9(32-12)7-31-18-16(23)14(21)13(20)15(22)17(18)24/h2-6H,7H2,1H3,(H,25,27). The summed E-state index contributed by atoms with van der Waals surface area (Å²) in [4.78, 5) is 23.1. The smallest absolute Gasteiger partial charge is 0.296 e. The van der Waals surface area contributed by atoms with Crippen molar-refractivity contribution in [2.24, 2.45) is 0 Å². The van der Waals surface area contributed by atoms with E-state index < -0.39 is 10.8 Å². The van der Waals surface area contributed by atoms with Crippen LogP contribution in [0.2, 0.25) is 25.1 Å². The fourth-order valence-corrected chi connectivity index (χ4v) is 3.74. The molecule has 1 heterocycles. The quantitative estimate of drug-likeness (QED) is 0.146. The molecule has 1 amide bonds. The second kappa shape index (κ2) is 10.1. The maximum Gasteiger partial charge on any atom is 0.296 e. The number of nitro groups is 1. The van der Waals surface area contributed by atoms with E-state index in [1.54, 1.807) is 0 Å². The summed E-state index contributed by atoms with van der Waals surface area (Å²) in [5, 5.41) is 13.5. The minimum Gasteiger partial charge on any atom is -0.496 e. The Morgan fingerprint density at radius 2 is 1.66 bits per heavy atom. The van der Waals surface area contributed by atoms with Crippen LogP contribution in [0.4, 0.5) is 11.4 Å². The van der Waals surface area contributed by atoms with Gasteiger partial charge in [-0.2, -0.15) is 0 Å². The molecule has 0 unspecified atom stereocenters. The third-order valence-electron chi connectivity index (χ3n) is 4.06. The van der Waals surface area contributed by atoms with Crippen LogP contribution in [-0.2, 0) is 6.61 Å². The minimum atomic E-state index is -0.710. The van der Waals surface area contributed by atoms with Gasteiger partial charge in [0.15, 0.2) is 11.5 Å². The van der Waals surface area contributed by atoms with Crippen molar-refractivity contribution in [1.29, 1.82) is 0 Å². The molecule has 3 rings (SSSR count). The van der Waals surface area contributed by atoms with Crippen molar-refractivity contribution >= 4 is 75.3 Å². The molecular weight excluding hydrogens is 529 g/mol. The van der Waals surface area contributed by atoms with Gasteiger partial charge in [-0.1, -0.05) is 58.0 Å². The summed E-state index contributed by atoms with van der Waals surface area (Å²) >= 11 is 30.1. The first kappa shape index (κ1) is 24.3. The van der Waals surface area contributed by atoms with Crippen LogP contribution in [0.3, 0.4) is 0 Å².